The van der Waals surface area contributed by atoms with Crippen molar-refractivity contribution in [1.82, 2.24) is 39.5 Å². The molecular formula is C94H136N8O4. The summed E-state index contributed by atoms with van der Waals surface area (Å²) in [5.74, 6) is 6.55. The van der Waals surface area contributed by atoms with Crippen LogP contribution < -0.4 is 0 Å². The number of aliphatic hydroxyl groups excluding tert-OH is 4. The fraction of sp³-hybridized carbons (Fsp3) is 0.617. The topological polar surface area (TPSA) is 145 Å². The maximum atomic E-state index is 11.2. The lowest BCUT2D eigenvalue weighted by molar-refractivity contribution is -0.0577. The van der Waals surface area contributed by atoms with Crippen molar-refractivity contribution in [3.8, 4) is 0 Å². The molecule has 12 heteroatoms. The van der Waals surface area contributed by atoms with Gasteiger partial charge in [-0.25, -0.2) is 0 Å². The molecule has 8 bridgehead atoms. The van der Waals surface area contributed by atoms with Gasteiger partial charge in [-0.1, -0.05) is 166 Å². The van der Waals surface area contributed by atoms with E-state index in [-0.39, 0.29) is 24.2 Å². The van der Waals surface area contributed by atoms with Gasteiger partial charge in [0, 0.05) is 96.7 Å². The first-order valence-corrected chi connectivity index (χ1v) is 42.6. The summed E-state index contributed by atoms with van der Waals surface area (Å²) < 4.78 is 0. The highest BCUT2D eigenvalue weighted by molar-refractivity contribution is 5.85. The molecule has 0 amide bonds. The molecule has 12 nitrogen and oxygen atoms in total. The number of rotatable bonds is 20. The van der Waals surface area contributed by atoms with E-state index in [1.807, 2.05) is 49.1 Å². The number of nitrogens with zero attached hydrogens (tertiary/aromatic N) is 8. The molecule has 12 saturated heterocycles. The molecular weight excluding hydrogens is 1310 g/mol. The molecule has 4 N–H and O–H groups in total. The van der Waals surface area contributed by atoms with Gasteiger partial charge >= 0.3 is 0 Å². The second-order valence-electron chi connectivity index (χ2n) is 33.9. The van der Waals surface area contributed by atoms with Crippen LogP contribution in [0.15, 0.2) is 122 Å². The summed E-state index contributed by atoms with van der Waals surface area (Å²) in [5, 5.41) is 49.4. The van der Waals surface area contributed by atoms with Crippen LogP contribution in [0, 0.1) is 75.0 Å². The number of aromatic nitrogens is 4. The molecule has 0 saturated carbocycles. The Labute approximate surface area is 639 Å². The maximum absolute atomic E-state index is 11.2. The molecule has 16 unspecified atom stereocenters. The van der Waals surface area contributed by atoms with Gasteiger partial charge in [-0.15, -0.1) is 0 Å². The van der Waals surface area contributed by atoms with Crippen LogP contribution in [-0.4, -0.2) is 136 Å². The second kappa shape index (κ2) is 39.2. The first kappa shape index (κ1) is 81.2. The van der Waals surface area contributed by atoms with Gasteiger partial charge in [-0.05, 0) is 273 Å². The number of hydrogen-bond donors (Lipinski definition) is 4. The van der Waals surface area contributed by atoms with E-state index in [1.165, 1.54) is 164 Å². The minimum Gasteiger partial charge on any atom is -0.387 e. The van der Waals surface area contributed by atoms with Gasteiger partial charge in [0.05, 0.1) is 46.5 Å². The van der Waals surface area contributed by atoms with E-state index in [0.717, 1.165) is 165 Å². The number of aliphatic hydroxyl groups is 4. The number of benzene rings is 4. The van der Waals surface area contributed by atoms with Crippen LogP contribution in [0.3, 0.4) is 0 Å². The van der Waals surface area contributed by atoms with Gasteiger partial charge in [0.2, 0.25) is 0 Å². The first-order chi connectivity index (χ1) is 51.5. The summed E-state index contributed by atoms with van der Waals surface area (Å²) >= 11 is 0. The van der Waals surface area contributed by atoms with Crippen LogP contribution >= 0.6 is 0 Å². The highest BCUT2D eigenvalue weighted by atomic mass is 16.3. The molecule has 4 aromatic carbocycles. The Bertz CT molecular complexity index is 3520. The number of aryl methyl sites for hydroxylation is 4. The summed E-state index contributed by atoms with van der Waals surface area (Å²) in [4.78, 5) is 28.2. The monoisotopic (exact) mass is 1440 g/mol. The van der Waals surface area contributed by atoms with E-state index in [1.54, 1.807) is 0 Å². The Balaban J connectivity index is 0.000000137. The molecule has 20 rings (SSSR count). The van der Waals surface area contributed by atoms with Crippen molar-refractivity contribution < 1.29 is 20.4 Å². The van der Waals surface area contributed by atoms with Gasteiger partial charge in [0.15, 0.2) is 0 Å². The predicted octanol–water partition coefficient (Wildman–Crippen LogP) is 20.7. The molecule has 0 radical (unpaired) electrons. The average Bonchev–Trinajstić information content (AvgIpc) is 0.785. The number of piperidine rings is 12. The standard InChI is InChI=1S/4C22H30N2O.2C3H8/c4*1-3-4-5-17-14-24-11-9-16(17)13-21(24)22(25)18-8-10-23-20-7-6-15(2)12-19(18)20;2*1-3-2/h4*6-8,10,12,16-17,21-22,25H,3-5,9,11,13-14H2,1-2H3;2*3H2,1-2H3/t4*16?,17?,21?,22-;;/m0000../s1. The average molecular weight is 1440 g/mol. The van der Waals surface area contributed by atoms with Crippen molar-refractivity contribution in [2.45, 2.75) is 273 Å². The van der Waals surface area contributed by atoms with Crippen molar-refractivity contribution >= 4 is 43.6 Å². The summed E-state index contributed by atoms with van der Waals surface area (Å²) in [6.45, 7) is 35.3. The summed E-state index contributed by atoms with van der Waals surface area (Å²) in [6, 6.07) is 34.4. The van der Waals surface area contributed by atoms with E-state index in [0.29, 0.717) is 0 Å². The fourth-order valence-corrected chi connectivity index (χ4v) is 20.2. The molecule has 4 aromatic heterocycles. The summed E-state index contributed by atoms with van der Waals surface area (Å²) in [7, 11) is 0. The third-order valence-corrected chi connectivity index (χ3v) is 25.9. The normalized spacial score (nSPS) is 28.5. The largest absolute Gasteiger partial charge is 0.387 e. The van der Waals surface area contributed by atoms with E-state index in [9.17, 15) is 20.4 Å². The predicted molar refractivity (Wildman–Crippen MR) is 442 cm³/mol. The maximum Gasteiger partial charge on any atom is 0.0952 e. The smallest absolute Gasteiger partial charge is 0.0952 e. The molecule has 106 heavy (non-hydrogen) atoms. The van der Waals surface area contributed by atoms with Crippen LogP contribution in [0.4, 0.5) is 0 Å². The molecule has 0 spiro atoms. The van der Waals surface area contributed by atoms with E-state index in [4.69, 9.17) is 0 Å². The van der Waals surface area contributed by atoms with Crippen molar-refractivity contribution in [3.63, 3.8) is 0 Å². The minimum atomic E-state index is -0.415. The summed E-state index contributed by atoms with van der Waals surface area (Å²) in [5.41, 5.74) is 13.0. The minimum absolute atomic E-state index is 0.266. The molecule has 16 heterocycles. The van der Waals surface area contributed by atoms with Crippen molar-refractivity contribution in [1.29, 1.82) is 0 Å². The van der Waals surface area contributed by atoms with Crippen LogP contribution in [0.2, 0.25) is 0 Å². The summed E-state index contributed by atoms with van der Waals surface area (Å²) in [6.07, 6.45) is 34.0. The van der Waals surface area contributed by atoms with Crippen molar-refractivity contribution in [3.05, 3.63) is 166 Å². The van der Waals surface area contributed by atoms with Gasteiger partial charge in [-0.3, -0.25) is 39.5 Å². The van der Waals surface area contributed by atoms with Crippen LogP contribution in [0.5, 0.6) is 0 Å². The highest BCUT2D eigenvalue weighted by Crippen LogP contribution is 2.48. The van der Waals surface area contributed by atoms with Crippen LogP contribution in [0.25, 0.3) is 43.6 Å². The van der Waals surface area contributed by atoms with Crippen molar-refractivity contribution in [2.24, 2.45) is 47.3 Å². The third-order valence-electron chi connectivity index (χ3n) is 25.9. The number of hydrogen-bond acceptors (Lipinski definition) is 12. The number of pyridine rings is 4. The molecule has 12 aliphatic heterocycles. The lowest BCUT2D eigenvalue weighted by Gasteiger charge is -2.51. The van der Waals surface area contributed by atoms with Crippen LogP contribution in [0.1, 0.15) is 266 Å². The lowest BCUT2D eigenvalue weighted by Crippen LogP contribution is -2.55. The van der Waals surface area contributed by atoms with Gasteiger partial charge in [0.25, 0.3) is 0 Å². The SMILES string of the molecule is CCC.CCC.CCCCC1CN2CCC1CC2[C@@H](O)c1ccnc2ccc(C)cc12.CCCCC1CN2CCC1CC2[C@@H](O)c1ccnc2ccc(C)cc12.CCCCC1CN2CCC1CC2[C@@H](O)c1ccnc2ccc(C)cc12.CCCCC1CN2CCC1CC2[C@@H](O)c1ccnc2ccc(C)cc12. The molecule has 576 valence electrons. The lowest BCUT2D eigenvalue weighted by atomic mass is 9.72. The van der Waals surface area contributed by atoms with Gasteiger partial charge in [-0.2, -0.15) is 0 Å². The van der Waals surface area contributed by atoms with Gasteiger partial charge < -0.3 is 20.4 Å². The Hall–Kier alpha value is -5.80. The Morgan fingerprint density at radius 1 is 0.321 bits per heavy atom. The second-order valence-corrected chi connectivity index (χ2v) is 33.9. The van der Waals surface area contributed by atoms with Gasteiger partial charge in [0.1, 0.15) is 0 Å². The molecule has 12 fully saturated rings. The molecule has 12 aliphatic rings. The number of fused-ring (bicyclic) bond motifs is 16. The molecule has 0 aliphatic carbocycles. The quantitative estimate of drug-likeness (QED) is 0.0576. The Kier molecular flexibility index (Phi) is 30.0. The van der Waals surface area contributed by atoms with Crippen molar-refractivity contribution in [2.75, 3.05) is 52.4 Å². The fourth-order valence-electron chi connectivity index (χ4n) is 20.2. The zero-order valence-corrected chi connectivity index (χ0v) is 67.4. The van der Waals surface area contributed by atoms with E-state index >= 15 is 0 Å². The van der Waals surface area contributed by atoms with Crippen LogP contribution in [-0.2, 0) is 0 Å². The Morgan fingerprint density at radius 2 is 0.528 bits per heavy atom. The first-order valence-electron chi connectivity index (χ1n) is 42.6. The van der Waals surface area contributed by atoms with E-state index in [2.05, 4.69) is 195 Å². The number of unbranched alkanes of at least 4 members (excludes halogenated alkanes) is 4. The Morgan fingerprint density at radius 3 is 0.708 bits per heavy atom. The zero-order chi connectivity index (χ0) is 75.0. The van der Waals surface area contributed by atoms with E-state index < -0.39 is 24.4 Å². The zero-order valence-electron chi connectivity index (χ0n) is 67.4. The third kappa shape index (κ3) is 19.5. The molecule has 8 aromatic rings. The highest BCUT2D eigenvalue weighted by Gasteiger charge is 2.47. The molecule has 20 atom stereocenters.